The summed E-state index contributed by atoms with van der Waals surface area (Å²) in [6.45, 7) is 4.54. The minimum atomic E-state index is -3.83. The molecule has 0 fully saturated rings. The number of hydrogen-bond donors (Lipinski definition) is 0. The van der Waals surface area contributed by atoms with E-state index in [1.807, 2.05) is 0 Å². The van der Waals surface area contributed by atoms with Crippen molar-refractivity contribution in [2.45, 2.75) is 173 Å². The van der Waals surface area contributed by atoms with E-state index < -0.39 is 5.69 Å². The van der Waals surface area contributed by atoms with Crippen molar-refractivity contribution in [3.8, 4) is 0 Å². The minimum Gasteiger partial charge on any atom is -0.824 e. The quantitative estimate of drug-likeness (QED) is 0.0578. The molecule has 0 spiro atoms. The predicted molar refractivity (Wildman–Crippen MR) is 167 cm³/mol. The summed E-state index contributed by atoms with van der Waals surface area (Å²) in [7, 11) is 0. The maximum absolute atomic E-state index is 12.0. The second-order valence-electron chi connectivity index (χ2n) is 11.0. The molecule has 38 heavy (non-hydrogen) atoms. The number of benzene rings is 1. The Hall–Kier alpha value is 0.763. The standard InChI is InChI=1S/C32H59O2PS2.Zn/c1-3-5-7-9-11-13-15-17-19-21-23-26-30-28-25-29-31(32(30)37-35(33,34)36)27-24-22-20-18-16-14-12-10-8-6-4-2;/h25,28-29H,3-24,26-27H2,1-2H3,(H2,33,34,36);/q;+2/p-2. The number of aryl methyl sites for hydroxylation is 2. The van der Waals surface area contributed by atoms with Crippen molar-refractivity contribution >= 4 is 28.9 Å². The van der Waals surface area contributed by atoms with Crippen LogP contribution in [0.25, 0.3) is 0 Å². The first-order chi connectivity index (χ1) is 18.0. The summed E-state index contributed by atoms with van der Waals surface area (Å²) >= 11 is 5.74. The smallest absolute Gasteiger partial charge is 0.824 e. The zero-order valence-corrected chi connectivity index (χ0v) is 30.5. The molecule has 0 amide bonds. The van der Waals surface area contributed by atoms with Crippen LogP contribution < -0.4 is 9.79 Å². The van der Waals surface area contributed by atoms with Crippen molar-refractivity contribution in [3.05, 3.63) is 29.3 Å². The first-order valence-electron chi connectivity index (χ1n) is 15.8. The van der Waals surface area contributed by atoms with Gasteiger partial charge >= 0.3 is 19.5 Å². The van der Waals surface area contributed by atoms with E-state index in [0.717, 1.165) is 42.0 Å². The fourth-order valence-corrected chi connectivity index (χ4v) is 8.06. The van der Waals surface area contributed by atoms with Gasteiger partial charge in [0.1, 0.15) is 0 Å². The molecular weight excluding hydrogens is 577 g/mol. The van der Waals surface area contributed by atoms with Crippen molar-refractivity contribution < 1.29 is 29.3 Å². The van der Waals surface area contributed by atoms with Gasteiger partial charge in [-0.15, -0.1) is 23.2 Å². The van der Waals surface area contributed by atoms with Crippen LogP contribution in [0.3, 0.4) is 0 Å². The van der Waals surface area contributed by atoms with Gasteiger partial charge in [0.05, 0.1) is 0 Å². The molecule has 0 aliphatic carbocycles. The van der Waals surface area contributed by atoms with Crippen LogP contribution >= 0.6 is 17.1 Å². The Balaban J connectivity index is 0.0000137. The monoisotopic (exact) mass is 632 g/mol. The molecule has 0 N–H and O–H groups in total. The molecule has 0 saturated heterocycles. The molecule has 0 radical (unpaired) electrons. The molecule has 0 aromatic heterocycles. The summed E-state index contributed by atoms with van der Waals surface area (Å²) in [6.07, 6.45) is 31.1. The number of rotatable bonds is 26. The van der Waals surface area contributed by atoms with Gasteiger partial charge in [0, 0.05) is 4.90 Å². The van der Waals surface area contributed by atoms with Crippen LogP contribution in [-0.4, -0.2) is 0 Å². The van der Waals surface area contributed by atoms with Gasteiger partial charge in [0.2, 0.25) is 0 Å². The van der Waals surface area contributed by atoms with Gasteiger partial charge in [-0.1, -0.05) is 160 Å². The third-order valence-corrected chi connectivity index (χ3v) is 10.3. The third-order valence-electron chi connectivity index (χ3n) is 7.48. The van der Waals surface area contributed by atoms with E-state index in [1.54, 1.807) is 0 Å². The Bertz CT molecular complexity index is 666. The van der Waals surface area contributed by atoms with Crippen LogP contribution in [0.2, 0.25) is 0 Å². The van der Waals surface area contributed by atoms with Gasteiger partial charge in [0.25, 0.3) is 0 Å². The molecule has 6 heteroatoms. The normalized spacial score (nSPS) is 11.6. The largest absolute Gasteiger partial charge is 2.00 e. The van der Waals surface area contributed by atoms with Gasteiger partial charge in [0.15, 0.2) is 0 Å². The average molecular weight is 634 g/mol. The molecular formula is C32H57O2PS2Zn. The van der Waals surface area contributed by atoms with Crippen LogP contribution in [0.4, 0.5) is 0 Å². The van der Waals surface area contributed by atoms with Gasteiger partial charge in [-0.3, -0.25) is 0 Å². The Morgan fingerprint density at radius 1 is 0.553 bits per heavy atom. The first-order valence-corrected chi connectivity index (χ1v) is 19.9. The van der Waals surface area contributed by atoms with Gasteiger partial charge in [-0.2, -0.15) is 5.69 Å². The van der Waals surface area contributed by atoms with Crippen LogP contribution in [0.1, 0.15) is 166 Å². The van der Waals surface area contributed by atoms with Crippen LogP contribution in [-0.2, 0) is 44.1 Å². The molecule has 1 aromatic carbocycles. The zero-order chi connectivity index (χ0) is 27.0. The summed E-state index contributed by atoms with van der Waals surface area (Å²) in [5.41, 5.74) is -1.46. The summed E-state index contributed by atoms with van der Waals surface area (Å²) in [4.78, 5) is 25.0. The van der Waals surface area contributed by atoms with Crippen molar-refractivity contribution in [2.24, 2.45) is 0 Å². The molecule has 0 unspecified atom stereocenters. The Morgan fingerprint density at radius 3 is 1.13 bits per heavy atom. The average Bonchev–Trinajstić information content (AvgIpc) is 2.86. The maximum Gasteiger partial charge on any atom is 2.00 e. The molecule has 2 nitrogen and oxygen atoms in total. The molecule has 1 rings (SSSR count). The van der Waals surface area contributed by atoms with Crippen LogP contribution in [0, 0.1) is 0 Å². The summed E-state index contributed by atoms with van der Waals surface area (Å²) < 4.78 is 0. The SMILES string of the molecule is CCCCCCCCCCCCCc1cccc(CCCCCCCCCCCCC)c1SP([O-])([O-])=S.[Zn+2]. The van der Waals surface area contributed by atoms with Gasteiger partial charge < -0.3 is 9.79 Å². The van der Waals surface area contributed by atoms with E-state index in [2.05, 4.69) is 32.0 Å². The summed E-state index contributed by atoms with van der Waals surface area (Å²) in [6, 6.07) is 6.35. The number of hydrogen-bond acceptors (Lipinski definition) is 4. The molecule has 0 atom stereocenters. The summed E-state index contributed by atoms with van der Waals surface area (Å²) in [5.74, 6) is 0. The number of unbranched alkanes of at least 4 members (excludes halogenated alkanes) is 20. The van der Waals surface area contributed by atoms with Gasteiger partial charge in [-0.25, -0.2) is 0 Å². The van der Waals surface area contributed by atoms with Crippen molar-refractivity contribution in [1.82, 2.24) is 0 Å². The molecule has 1 aromatic rings. The fourth-order valence-electron chi connectivity index (χ4n) is 5.22. The maximum atomic E-state index is 12.0. The van der Waals surface area contributed by atoms with E-state index >= 15 is 0 Å². The zero-order valence-electron chi connectivity index (χ0n) is 25.0. The third kappa shape index (κ3) is 22.5. The summed E-state index contributed by atoms with van der Waals surface area (Å²) in [5, 5.41) is 0. The van der Waals surface area contributed by atoms with E-state index in [-0.39, 0.29) is 19.5 Å². The van der Waals surface area contributed by atoms with E-state index in [1.165, 1.54) is 140 Å². The van der Waals surface area contributed by atoms with E-state index in [0.29, 0.717) is 0 Å². The molecule has 0 heterocycles. The van der Waals surface area contributed by atoms with Crippen molar-refractivity contribution in [1.29, 1.82) is 0 Å². The fraction of sp³-hybridized carbons (Fsp3) is 0.812. The van der Waals surface area contributed by atoms with Crippen LogP contribution in [0.5, 0.6) is 0 Å². The molecule has 0 aliphatic heterocycles. The Kier molecular flexibility index (Phi) is 27.2. The molecule has 0 bridgehead atoms. The molecule has 0 aliphatic rings. The van der Waals surface area contributed by atoms with E-state index in [9.17, 15) is 9.79 Å². The molecule has 0 saturated carbocycles. The van der Waals surface area contributed by atoms with Crippen molar-refractivity contribution in [2.75, 3.05) is 0 Å². The Labute approximate surface area is 259 Å². The second-order valence-corrected chi connectivity index (χ2v) is 16.6. The topological polar surface area (TPSA) is 46.1 Å². The Morgan fingerprint density at radius 2 is 0.842 bits per heavy atom. The second kappa shape index (κ2) is 26.6. The van der Waals surface area contributed by atoms with Crippen LogP contribution in [0.15, 0.2) is 23.1 Å². The minimum absolute atomic E-state index is 0. The van der Waals surface area contributed by atoms with Crippen molar-refractivity contribution in [3.63, 3.8) is 0 Å². The van der Waals surface area contributed by atoms with Gasteiger partial charge in [-0.05, 0) is 36.8 Å². The molecule has 216 valence electrons. The first kappa shape index (κ1) is 38.8. The predicted octanol–water partition coefficient (Wildman–Crippen LogP) is 10.4. The van der Waals surface area contributed by atoms with E-state index in [4.69, 9.17) is 11.8 Å².